The van der Waals surface area contributed by atoms with Gasteiger partial charge in [-0.05, 0) is 57.2 Å². The van der Waals surface area contributed by atoms with E-state index < -0.39 is 42.4 Å². The van der Waals surface area contributed by atoms with Gasteiger partial charge in [0.1, 0.15) is 43.5 Å². The zero-order valence-corrected chi connectivity index (χ0v) is 34.5. The summed E-state index contributed by atoms with van der Waals surface area (Å²) in [5.41, 5.74) is 7.65. The number of aliphatic carboxylic acids is 1. The van der Waals surface area contributed by atoms with Crippen LogP contribution in [0, 0.1) is 5.92 Å². The van der Waals surface area contributed by atoms with E-state index in [4.69, 9.17) is 9.47 Å². The number of carbonyl (C=O) groups excluding carboxylic acids is 1. The van der Waals surface area contributed by atoms with Crippen molar-refractivity contribution in [3.8, 4) is 0 Å². The number of anilines is 1. The zero-order chi connectivity index (χ0) is 40.7. The number of unbranched alkanes of at least 4 members (excludes halogenated alkanes) is 7. The molecule has 0 aromatic heterocycles. The van der Waals surface area contributed by atoms with Crippen LogP contribution in [0.5, 0.6) is 0 Å². The lowest BCUT2D eigenvalue weighted by atomic mass is 9.81. The van der Waals surface area contributed by atoms with E-state index in [1.807, 2.05) is 0 Å². The monoisotopic (exact) mass is 782 g/mol. The lowest BCUT2D eigenvalue weighted by molar-refractivity contribution is -0.401. The number of carbonyl (C=O) groups is 2. The fourth-order valence-electron chi connectivity index (χ4n) is 9.21. The smallest absolute Gasteiger partial charge is 0.312 e. The molecule has 1 amide bonds. The Morgan fingerprint density at radius 1 is 0.825 bits per heavy atom. The van der Waals surface area contributed by atoms with Gasteiger partial charge >= 0.3 is 5.97 Å². The summed E-state index contributed by atoms with van der Waals surface area (Å²) < 4.78 is 13.3. The van der Waals surface area contributed by atoms with Crippen LogP contribution < -0.4 is 10.2 Å². The maximum Gasteiger partial charge on any atom is 0.312 e. The Bertz CT molecular complexity index is 1860. The molecule has 0 radical (unpaired) electrons. The Morgan fingerprint density at radius 3 is 2.26 bits per heavy atom. The molecule has 3 unspecified atom stereocenters. The van der Waals surface area contributed by atoms with Gasteiger partial charge in [-0.3, -0.25) is 9.59 Å². The molecule has 3 heterocycles. The first kappa shape index (κ1) is 42.5. The average Bonchev–Trinajstić information content (AvgIpc) is 3.91. The molecule has 1 saturated heterocycles. The van der Waals surface area contributed by atoms with Gasteiger partial charge in [0, 0.05) is 60.6 Å². The van der Waals surface area contributed by atoms with Gasteiger partial charge in [0.2, 0.25) is 11.6 Å². The van der Waals surface area contributed by atoms with Gasteiger partial charge in [-0.25, -0.2) is 0 Å². The number of carboxylic acids is 1. The highest BCUT2D eigenvalue weighted by atomic mass is 16.6. The third kappa shape index (κ3) is 9.46. The van der Waals surface area contributed by atoms with E-state index in [1.165, 1.54) is 33.9 Å². The molecule has 6 atom stereocenters. The molecule has 2 aromatic rings. The number of amides is 1. The van der Waals surface area contributed by atoms with Crippen LogP contribution >= 0.6 is 0 Å². The van der Waals surface area contributed by atoms with Gasteiger partial charge in [0.15, 0.2) is 5.71 Å². The zero-order valence-electron chi connectivity index (χ0n) is 34.5. The fraction of sp³-hybridized carbons (Fsp3) is 0.553. The minimum absolute atomic E-state index is 0.0500. The first-order valence-corrected chi connectivity index (χ1v) is 21.1. The summed E-state index contributed by atoms with van der Waals surface area (Å²) in [6.45, 7) is 11.1. The molecule has 10 heteroatoms. The fourth-order valence-corrected chi connectivity index (χ4v) is 9.21. The molecule has 6 rings (SSSR count). The quantitative estimate of drug-likeness (QED) is 0.0484. The number of para-hydroxylation sites is 2. The normalized spacial score (nSPS) is 26.3. The summed E-state index contributed by atoms with van der Waals surface area (Å²) in [5, 5.41) is 33.0. The maximum atomic E-state index is 12.6. The van der Waals surface area contributed by atoms with Crippen molar-refractivity contribution >= 4 is 29.0 Å². The number of allylic oxidation sites excluding steroid dienone is 6. The highest BCUT2D eigenvalue weighted by molar-refractivity contribution is 6.03. The van der Waals surface area contributed by atoms with Crippen LogP contribution in [0.1, 0.15) is 103 Å². The lowest BCUT2D eigenvalue weighted by Crippen LogP contribution is -2.54. The molecular formula is C47H64N3O7+. The second kappa shape index (κ2) is 18.7. The van der Waals surface area contributed by atoms with Crippen LogP contribution in [0.25, 0.3) is 0 Å². The number of hydrogen-bond donors (Lipinski definition) is 4. The molecule has 4 N–H and O–H groups in total. The molecule has 308 valence electrons. The third-order valence-corrected chi connectivity index (χ3v) is 12.5. The molecule has 10 nitrogen and oxygen atoms in total. The Labute approximate surface area is 339 Å². The van der Waals surface area contributed by atoms with Crippen LogP contribution in [0.4, 0.5) is 11.4 Å². The summed E-state index contributed by atoms with van der Waals surface area (Å²) in [7, 11) is 2.15. The van der Waals surface area contributed by atoms with Crippen molar-refractivity contribution < 1.29 is 39.0 Å². The van der Waals surface area contributed by atoms with E-state index in [0.717, 1.165) is 64.3 Å². The molecule has 0 bridgehead atoms. The van der Waals surface area contributed by atoms with Crippen LogP contribution in [-0.4, -0.2) is 94.7 Å². The molecule has 1 aliphatic carbocycles. The number of nitrogens with one attached hydrogen (secondary N) is 1. The minimum atomic E-state index is -1.26. The van der Waals surface area contributed by atoms with E-state index in [0.29, 0.717) is 19.6 Å². The Balaban J connectivity index is 0.862. The molecule has 4 aliphatic rings. The summed E-state index contributed by atoms with van der Waals surface area (Å²) >= 11 is 0. The number of ether oxygens (including phenoxy) is 2. The number of rotatable bonds is 20. The number of epoxide rings is 1. The molecule has 3 aliphatic heterocycles. The summed E-state index contributed by atoms with van der Waals surface area (Å²) in [4.78, 5) is 26.7. The van der Waals surface area contributed by atoms with E-state index in [-0.39, 0.29) is 16.7 Å². The van der Waals surface area contributed by atoms with Crippen LogP contribution in [-0.2, 0) is 29.9 Å². The number of aliphatic hydroxyl groups excluding tert-OH is 2. The topological polar surface area (TPSA) is 135 Å². The van der Waals surface area contributed by atoms with E-state index in [2.05, 4.69) is 128 Å². The van der Waals surface area contributed by atoms with Gasteiger partial charge in [0.25, 0.3) is 0 Å². The standard InChI is InChI=1S/C47H63N3O7/c1-46(2)32-22-15-17-24-34(32)49(5)36(46)26-12-10-13-27-37-47(3,4)33-23-16-18-25-35(33)50(37)30-20-11-14-28-38(51)48-29-19-8-6-7-9-21-31-56-42-39(45(54)55)43-44(57-43)41(53)40(42)52/h10,12-13,15-18,22-27,39-44,52-53H,6-9,11,14,19-21,28-31H2,1-5H3,(H-,48,51,54,55)/p+1/t39?,40-,41?,42-,43?,44+/m1/s1. The number of hydrogen-bond acceptors (Lipinski definition) is 7. The highest BCUT2D eigenvalue weighted by Gasteiger charge is 2.63. The van der Waals surface area contributed by atoms with Crippen LogP contribution in [0.2, 0.25) is 0 Å². The number of fused-ring (bicyclic) bond motifs is 3. The van der Waals surface area contributed by atoms with E-state index >= 15 is 0 Å². The molecule has 0 spiro atoms. The Morgan fingerprint density at radius 2 is 1.51 bits per heavy atom. The number of nitrogens with zero attached hydrogens (tertiary/aromatic N) is 2. The average molecular weight is 783 g/mol. The van der Waals surface area contributed by atoms with Gasteiger partial charge in [-0.2, -0.15) is 4.58 Å². The molecular weight excluding hydrogens is 719 g/mol. The number of carboxylic acid groups (broad SMARTS) is 1. The number of benzene rings is 2. The van der Waals surface area contributed by atoms with E-state index in [9.17, 15) is 24.9 Å². The highest BCUT2D eigenvalue weighted by Crippen LogP contribution is 2.48. The molecule has 57 heavy (non-hydrogen) atoms. The van der Waals surface area contributed by atoms with Gasteiger partial charge < -0.3 is 35.0 Å². The third-order valence-electron chi connectivity index (χ3n) is 12.5. The second-order valence-corrected chi connectivity index (χ2v) is 17.2. The Kier molecular flexibility index (Phi) is 13.9. The van der Waals surface area contributed by atoms with Crippen LogP contribution in [0.15, 0.2) is 84.6 Å². The predicted octanol–water partition coefficient (Wildman–Crippen LogP) is 7.09. The first-order chi connectivity index (χ1) is 27.4. The van der Waals surface area contributed by atoms with Gasteiger partial charge in [0.05, 0.1) is 5.41 Å². The summed E-state index contributed by atoms with van der Waals surface area (Å²) in [6, 6.07) is 17.4. The number of aliphatic hydroxyl groups is 2. The summed E-state index contributed by atoms with van der Waals surface area (Å²) in [6.07, 6.45) is 15.5. The van der Waals surface area contributed by atoms with Crippen molar-refractivity contribution in [2.75, 3.05) is 31.6 Å². The van der Waals surface area contributed by atoms with Crippen molar-refractivity contribution in [3.63, 3.8) is 0 Å². The summed E-state index contributed by atoms with van der Waals surface area (Å²) in [5.74, 6) is -1.92. The lowest BCUT2D eigenvalue weighted by Gasteiger charge is -2.33. The maximum absolute atomic E-state index is 12.6. The van der Waals surface area contributed by atoms with Crippen molar-refractivity contribution in [1.82, 2.24) is 5.32 Å². The second-order valence-electron chi connectivity index (χ2n) is 17.2. The molecule has 2 aromatic carbocycles. The van der Waals surface area contributed by atoms with E-state index in [1.54, 1.807) is 0 Å². The van der Waals surface area contributed by atoms with Gasteiger partial charge in [-0.1, -0.05) is 101 Å². The van der Waals surface area contributed by atoms with Crippen LogP contribution in [0.3, 0.4) is 0 Å². The minimum Gasteiger partial charge on any atom is -0.481 e. The van der Waals surface area contributed by atoms with Crippen molar-refractivity contribution in [2.24, 2.45) is 5.92 Å². The molecule has 2 fully saturated rings. The molecule has 1 saturated carbocycles. The van der Waals surface area contributed by atoms with Crippen molar-refractivity contribution in [2.45, 2.75) is 133 Å². The largest absolute Gasteiger partial charge is 0.481 e. The van der Waals surface area contributed by atoms with Crippen molar-refractivity contribution in [1.29, 1.82) is 0 Å². The predicted molar refractivity (Wildman–Crippen MR) is 224 cm³/mol. The van der Waals surface area contributed by atoms with Crippen molar-refractivity contribution in [3.05, 3.63) is 95.7 Å². The Hall–Kier alpha value is -4.09. The van der Waals surface area contributed by atoms with Gasteiger partial charge in [-0.15, -0.1) is 0 Å². The first-order valence-electron chi connectivity index (χ1n) is 21.1. The SMILES string of the molecule is C[N+]1=C(/C=C/C=C/C=C2/N(CCCCCC(=O)NCCCCCCCCO[C@@H]3C(C(=O)O)C4O[C@H]4C(O)[C@H]3O)c3ccccc3C2(C)C)C(C)(C)c2ccccc21.